The van der Waals surface area contributed by atoms with Crippen molar-refractivity contribution in [2.75, 3.05) is 12.4 Å². The van der Waals surface area contributed by atoms with Gasteiger partial charge in [-0.05, 0) is 6.92 Å². The van der Waals surface area contributed by atoms with Crippen LogP contribution in [0, 0.1) is 6.92 Å². The molecule has 5 nitrogen and oxygen atoms in total. The van der Waals surface area contributed by atoms with Crippen LogP contribution in [0.5, 0.6) is 0 Å². The molecular weight excluding hydrogens is 202 g/mol. The number of nitrogens with one attached hydrogen (secondary N) is 1. The molecule has 0 aliphatic rings. The van der Waals surface area contributed by atoms with Gasteiger partial charge in [-0.15, -0.1) is 0 Å². The smallest absolute Gasteiger partial charge is 0.202 e. The standard InChI is InChI=1S/C11H17N5/c1-9-8-16(11(12-2)14-9)6-4-10-13-5-7-15(10)3/h5,7-8H,4,6H2,1-3H3,(H,12,14). The van der Waals surface area contributed by atoms with Crippen LogP contribution >= 0.6 is 0 Å². The van der Waals surface area contributed by atoms with E-state index >= 15 is 0 Å². The number of rotatable bonds is 4. The molecule has 5 heteroatoms. The Kier molecular flexibility index (Phi) is 2.94. The predicted octanol–water partition coefficient (Wildman–Crippen LogP) is 1.21. The fourth-order valence-electron chi connectivity index (χ4n) is 1.77. The monoisotopic (exact) mass is 219 g/mol. The summed E-state index contributed by atoms with van der Waals surface area (Å²) in [6.07, 6.45) is 6.75. The van der Waals surface area contributed by atoms with Crippen LogP contribution in [0.4, 0.5) is 5.95 Å². The summed E-state index contributed by atoms with van der Waals surface area (Å²) in [7, 11) is 3.90. The summed E-state index contributed by atoms with van der Waals surface area (Å²) in [5, 5.41) is 3.09. The summed E-state index contributed by atoms with van der Waals surface area (Å²) in [6, 6.07) is 0. The third kappa shape index (κ3) is 2.08. The van der Waals surface area contributed by atoms with Crippen molar-refractivity contribution in [3.63, 3.8) is 0 Å². The molecule has 0 radical (unpaired) electrons. The Hall–Kier alpha value is -1.78. The van der Waals surface area contributed by atoms with Crippen LogP contribution in [0.1, 0.15) is 11.5 Å². The minimum absolute atomic E-state index is 0.891. The van der Waals surface area contributed by atoms with Crippen molar-refractivity contribution in [3.8, 4) is 0 Å². The zero-order valence-electron chi connectivity index (χ0n) is 9.94. The predicted molar refractivity (Wildman–Crippen MR) is 63.4 cm³/mol. The maximum Gasteiger partial charge on any atom is 0.202 e. The number of aromatic nitrogens is 4. The minimum atomic E-state index is 0.891. The first kappa shape index (κ1) is 10.7. The largest absolute Gasteiger partial charge is 0.359 e. The molecule has 0 spiro atoms. The molecule has 86 valence electrons. The molecule has 0 saturated carbocycles. The quantitative estimate of drug-likeness (QED) is 0.840. The molecule has 16 heavy (non-hydrogen) atoms. The van der Waals surface area contributed by atoms with Gasteiger partial charge in [0.1, 0.15) is 5.82 Å². The fourth-order valence-corrected chi connectivity index (χ4v) is 1.77. The summed E-state index contributed by atoms with van der Waals surface area (Å²) in [6.45, 7) is 2.89. The molecule has 0 saturated heterocycles. The zero-order chi connectivity index (χ0) is 11.5. The van der Waals surface area contributed by atoms with E-state index in [-0.39, 0.29) is 0 Å². The Bertz CT molecular complexity index is 468. The maximum atomic E-state index is 4.38. The van der Waals surface area contributed by atoms with E-state index in [0.29, 0.717) is 0 Å². The van der Waals surface area contributed by atoms with Gasteiger partial charge in [-0.1, -0.05) is 0 Å². The SMILES string of the molecule is CNc1nc(C)cn1CCc1nccn1C. The molecule has 0 aliphatic carbocycles. The third-order valence-electron chi connectivity index (χ3n) is 2.62. The summed E-state index contributed by atoms with van der Waals surface area (Å²) in [4.78, 5) is 8.68. The van der Waals surface area contributed by atoms with Crippen molar-refractivity contribution in [2.45, 2.75) is 19.9 Å². The van der Waals surface area contributed by atoms with Crippen molar-refractivity contribution in [1.82, 2.24) is 19.1 Å². The van der Waals surface area contributed by atoms with Crippen LogP contribution in [-0.4, -0.2) is 26.1 Å². The first-order valence-corrected chi connectivity index (χ1v) is 5.38. The fraction of sp³-hybridized carbons (Fsp3) is 0.455. The molecule has 0 bridgehead atoms. The highest BCUT2D eigenvalue weighted by Gasteiger charge is 2.05. The van der Waals surface area contributed by atoms with Gasteiger partial charge in [0.15, 0.2) is 0 Å². The Morgan fingerprint density at radius 2 is 2.25 bits per heavy atom. The van der Waals surface area contributed by atoms with Crippen LogP contribution in [0.2, 0.25) is 0 Å². The second-order valence-corrected chi connectivity index (χ2v) is 3.85. The van der Waals surface area contributed by atoms with Gasteiger partial charge in [0, 0.05) is 45.7 Å². The number of anilines is 1. The average molecular weight is 219 g/mol. The molecule has 0 atom stereocenters. The molecule has 2 aromatic rings. The highest BCUT2D eigenvalue weighted by molar-refractivity contribution is 5.27. The molecule has 2 aromatic heterocycles. The van der Waals surface area contributed by atoms with Crippen LogP contribution in [0.3, 0.4) is 0 Å². The third-order valence-corrected chi connectivity index (χ3v) is 2.62. The Labute approximate surface area is 95.1 Å². The number of hydrogen-bond acceptors (Lipinski definition) is 3. The molecule has 0 amide bonds. The van der Waals surface area contributed by atoms with Crippen molar-refractivity contribution in [2.24, 2.45) is 7.05 Å². The number of aryl methyl sites for hydroxylation is 4. The normalized spacial score (nSPS) is 10.7. The first-order valence-electron chi connectivity index (χ1n) is 5.38. The molecule has 0 fully saturated rings. The highest BCUT2D eigenvalue weighted by atomic mass is 15.2. The Balaban J connectivity index is 2.07. The topological polar surface area (TPSA) is 47.7 Å². The summed E-state index contributed by atoms with van der Waals surface area (Å²) in [5.41, 5.74) is 1.03. The summed E-state index contributed by atoms with van der Waals surface area (Å²) >= 11 is 0. The van der Waals surface area contributed by atoms with Gasteiger partial charge in [-0.3, -0.25) is 0 Å². The summed E-state index contributed by atoms with van der Waals surface area (Å²) < 4.78 is 4.16. The van der Waals surface area contributed by atoms with E-state index in [0.717, 1.165) is 30.4 Å². The van der Waals surface area contributed by atoms with Crippen LogP contribution in [0.15, 0.2) is 18.6 Å². The van der Waals surface area contributed by atoms with E-state index in [1.165, 1.54) is 0 Å². The summed E-state index contributed by atoms with van der Waals surface area (Å²) in [5.74, 6) is 2.00. The molecule has 1 N–H and O–H groups in total. The number of hydrogen-bond donors (Lipinski definition) is 1. The van der Waals surface area contributed by atoms with Gasteiger partial charge in [0.05, 0.1) is 5.69 Å². The van der Waals surface area contributed by atoms with Crippen LogP contribution < -0.4 is 5.32 Å². The van der Waals surface area contributed by atoms with Gasteiger partial charge in [-0.25, -0.2) is 9.97 Å². The van der Waals surface area contributed by atoms with Crippen LogP contribution in [0.25, 0.3) is 0 Å². The van der Waals surface area contributed by atoms with E-state index in [4.69, 9.17) is 0 Å². The lowest BCUT2D eigenvalue weighted by atomic mass is 10.4. The molecule has 2 heterocycles. The second-order valence-electron chi connectivity index (χ2n) is 3.85. The van der Waals surface area contributed by atoms with Crippen molar-refractivity contribution in [1.29, 1.82) is 0 Å². The Morgan fingerprint density at radius 3 is 2.88 bits per heavy atom. The highest BCUT2D eigenvalue weighted by Crippen LogP contribution is 2.08. The minimum Gasteiger partial charge on any atom is -0.359 e. The van der Waals surface area contributed by atoms with E-state index < -0.39 is 0 Å². The van der Waals surface area contributed by atoms with Crippen LogP contribution in [-0.2, 0) is 20.0 Å². The molecular formula is C11H17N5. The van der Waals surface area contributed by atoms with Crippen molar-refractivity contribution in [3.05, 3.63) is 30.1 Å². The van der Waals surface area contributed by atoms with Crippen molar-refractivity contribution >= 4 is 5.95 Å². The zero-order valence-corrected chi connectivity index (χ0v) is 9.94. The lowest BCUT2D eigenvalue weighted by Crippen LogP contribution is -2.07. The van der Waals surface area contributed by atoms with E-state index in [9.17, 15) is 0 Å². The molecule has 0 unspecified atom stereocenters. The number of imidazole rings is 2. The molecule has 0 aromatic carbocycles. The van der Waals surface area contributed by atoms with Crippen molar-refractivity contribution < 1.29 is 0 Å². The Morgan fingerprint density at radius 1 is 1.44 bits per heavy atom. The number of nitrogens with zero attached hydrogens (tertiary/aromatic N) is 4. The first-order chi connectivity index (χ1) is 7.70. The van der Waals surface area contributed by atoms with E-state index in [1.54, 1.807) is 0 Å². The van der Waals surface area contributed by atoms with Gasteiger partial charge in [0.25, 0.3) is 0 Å². The molecule has 2 rings (SSSR count). The van der Waals surface area contributed by atoms with Gasteiger partial charge >= 0.3 is 0 Å². The lowest BCUT2D eigenvalue weighted by molar-refractivity contribution is 0.655. The van der Waals surface area contributed by atoms with E-state index in [1.807, 2.05) is 38.0 Å². The second kappa shape index (κ2) is 4.38. The average Bonchev–Trinajstić information content (AvgIpc) is 2.81. The lowest BCUT2D eigenvalue weighted by Gasteiger charge is -2.06. The van der Waals surface area contributed by atoms with Gasteiger partial charge < -0.3 is 14.5 Å². The molecule has 0 aliphatic heterocycles. The van der Waals surface area contributed by atoms with Gasteiger partial charge in [0.2, 0.25) is 5.95 Å². The maximum absolute atomic E-state index is 4.38. The van der Waals surface area contributed by atoms with E-state index in [2.05, 4.69) is 26.0 Å². The van der Waals surface area contributed by atoms with Gasteiger partial charge in [-0.2, -0.15) is 0 Å².